The van der Waals surface area contributed by atoms with Gasteiger partial charge in [0.05, 0.1) is 5.33 Å². The Labute approximate surface area is 100 Å². The molecule has 0 heterocycles. The van der Waals surface area contributed by atoms with Gasteiger partial charge in [-0.2, -0.15) is 0 Å². The van der Waals surface area contributed by atoms with Crippen LogP contribution in [-0.2, 0) is 4.79 Å². The second kappa shape index (κ2) is 3.58. The number of alkyl halides is 1. The van der Waals surface area contributed by atoms with Gasteiger partial charge < -0.3 is 0 Å². The molecule has 4 aliphatic carbocycles. The zero-order valence-electron chi connectivity index (χ0n) is 9.18. The molecule has 4 bridgehead atoms. The van der Waals surface area contributed by atoms with Gasteiger partial charge in [-0.15, -0.1) is 0 Å². The quantitative estimate of drug-likeness (QED) is 0.717. The Morgan fingerprint density at radius 2 is 1.53 bits per heavy atom. The van der Waals surface area contributed by atoms with Gasteiger partial charge in [-0.1, -0.05) is 15.9 Å². The topological polar surface area (TPSA) is 17.1 Å². The van der Waals surface area contributed by atoms with Gasteiger partial charge in [-0.3, -0.25) is 4.79 Å². The van der Waals surface area contributed by atoms with Crippen LogP contribution < -0.4 is 0 Å². The van der Waals surface area contributed by atoms with E-state index in [1.165, 1.54) is 38.5 Å². The van der Waals surface area contributed by atoms with E-state index >= 15 is 0 Å². The van der Waals surface area contributed by atoms with Crippen molar-refractivity contribution >= 4 is 21.7 Å². The number of carbonyl (C=O) groups is 1. The van der Waals surface area contributed by atoms with Crippen LogP contribution in [0.4, 0.5) is 0 Å². The van der Waals surface area contributed by atoms with Crippen LogP contribution in [0.2, 0.25) is 0 Å². The monoisotopic (exact) mass is 270 g/mol. The van der Waals surface area contributed by atoms with Gasteiger partial charge in [0, 0.05) is 6.42 Å². The van der Waals surface area contributed by atoms with Crippen molar-refractivity contribution in [3.63, 3.8) is 0 Å². The van der Waals surface area contributed by atoms with Gasteiger partial charge in [0.15, 0.2) is 0 Å². The van der Waals surface area contributed by atoms with Gasteiger partial charge >= 0.3 is 0 Å². The van der Waals surface area contributed by atoms with Gasteiger partial charge in [-0.25, -0.2) is 0 Å². The largest absolute Gasteiger partial charge is 0.299 e. The molecule has 0 amide bonds. The lowest BCUT2D eigenvalue weighted by Gasteiger charge is -2.56. The van der Waals surface area contributed by atoms with E-state index in [1.807, 2.05) is 0 Å². The Balaban J connectivity index is 1.78. The molecule has 0 saturated heterocycles. The number of hydrogen-bond acceptors (Lipinski definition) is 1. The lowest BCUT2D eigenvalue weighted by molar-refractivity contribution is -0.124. The highest BCUT2D eigenvalue weighted by molar-refractivity contribution is 9.09. The highest BCUT2D eigenvalue weighted by Gasteiger charge is 2.51. The maximum atomic E-state index is 11.6. The van der Waals surface area contributed by atoms with E-state index in [2.05, 4.69) is 15.9 Å². The standard InChI is InChI=1S/C13H19BrO/c14-8-12(15)7-13-4-9-1-10(5-13)3-11(2-9)6-13/h9-11H,1-8H2. The molecule has 4 fully saturated rings. The van der Waals surface area contributed by atoms with E-state index < -0.39 is 0 Å². The van der Waals surface area contributed by atoms with Crippen molar-refractivity contribution in [1.82, 2.24) is 0 Å². The van der Waals surface area contributed by atoms with Crippen molar-refractivity contribution in [2.45, 2.75) is 44.9 Å². The van der Waals surface area contributed by atoms with Crippen molar-refractivity contribution in [3.05, 3.63) is 0 Å². The molecule has 2 heteroatoms. The number of carbonyl (C=O) groups excluding carboxylic acids is 1. The normalized spacial score (nSPS) is 47.1. The van der Waals surface area contributed by atoms with Crippen LogP contribution in [0.1, 0.15) is 44.9 Å². The van der Waals surface area contributed by atoms with Crippen LogP contribution in [0.25, 0.3) is 0 Å². The summed E-state index contributed by atoms with van der Waals surface area (Å²) in [4.78, 5) is 11.6. The highest BCUT2D eigenvalue weighted by atomic mass is 79.9. The molecule has 1 nitrogen and oxygen atoms in total. The molecule has 84 valence electrons. The number of Topliss-reactive ketones (excluding diaryl/α,β-unsaturated/α-hetero) is 1. The van der Waals surface area contributed by atoms with Gasteiger partial charge in [-0.05, 0) is 61.7 Å². The first-order valence-corrected chi connectivity index (χ1v) is 7.39. The number of halogens is 1. The summed E-state index contributed by atoms with van der Waals surface area (Å²) in [6, 6.07) is 0. The first-order chi connectivity index (χ1) is 7.19. The van der Waals surface area contributed by atoms with Gasteiger partial charge in [0.1, 0.15) is 5.78 Å². The first-order valence-electron chi connectivity index (χ1n) is 6.27. The summed E-state index contributed by atoms with van der Waals surface area (Å²) in [5.41, 5.74) is 0.444. The SMILES string of the molecule is O=C(CBr)CC12CC3CC(CC(C3)C1)C2. The molecule has 4 rings (SSSR count). The summed E-state index contributed by atoms with van der Waals surface area (Å²) in [6.45, 7) is 0. The van der Waals surface area contributed by atoms with Crippen LogP contribution in [0.15, 0.2) is 0 Å². The minimum absolute atomic E-state index is 0.428. The molecule has 0 spiro atoms. The molecular formula is C13H19BrO. The van der Waals surface area contributed by atoms with Crippen molar-refractivity contribution in [1.29, 1.82) is 0 Å². The predicted octanol–water partition coefficient (Wildman–Crippen LogP) is 3.56. The van der Waals surface area contributed by atoms with E-state index in [9.17, 15) is 4.79 Å². The number of rotatable bonds is 3. The Kier molecular flexibility index (Phi) is 2.46. The fourth-order valence-electron chi connectivity index (χ4n) is 4.97. The summed E-state index contributed by atoms with van der Waals surface area (Å²) < 4.78 is 0. The molecule has 0 aliphatic heterocycles. The summed E-state index contributed by atoms with van der Waals surface area (Å²) in [5.74, 6) is 3.34. The zero-order valence-corrected chi connectivity index (χ0v) is 10.8. The Hall–Kier alpha value is 0.150. The predicted molar refractivity (Wildman–Crippen MR) is 64.0 cm³/mol. The Morgan fingerprint density at radius 1 is 1.07 bits per heavy atom. The third kappa shape index (κ3) is 1.79. The van der Waals surface area contributed by atoms with E-state index in [4.69, 9.17) is 0 Å². The second-order valence-corrected chi connectivity index (χ2v) is 6.83. The summed E-state index contributed by atoms with van der Waals surface area (Å²) >= 11 is 3.30. The van der Waals surface area contributed by atoms with Crippen LogP contribution in [-0.4, -0.2) is 11.1 Å². The Bertz CT molecular complexity index is 249. The van der Waals surface area contributed by atoms with E-state index in [0.29, 0.717) is 16.5 Å². The smallest absolute Gasteiger partial charge is 0.143 e. The zero-order chi connectivity index (χ0) is 10.5. The molecule has 0 unspecified atom stereocenters. The summed E-state index contributed by atoms with van der Waals surface area (Å²) in [7, 11) is 0. The van der Waals surface area contributed by atoms with Crippen molar-refractivity contribution in [2.24, 2.45) is 23.2 Å². The fraction of sp³-hybridized carbons (Fsp3) is 0.923. The molecule has 0 atom stereocenters. The summed E-state index contributed by atoms with van der Waals surface area (Å²) in [5, 5.41) is 0.564. The molecular weight excluding hydrogens is 252 g/mol. The molecule has 4 aliphatic rings. The molecule has 15 heavy (non-hydrogen) atoms. The van der Waals surface area contributed by atoms with Crippen LogP contribution in [0, 0.1) is 23.2 Å². The second-order valence-electron chi connectivity index (χ2n) is 6.27. The highest BCUT2D eigenvalue weighted by Crippen LogP contribution is 2.61. The number of ketones is 1. The molecule has 0 radical (unpaired) electrons. The first kappa shape index (κ1) is 10.3. The average molecular weight is 271 g/mol. The van der Waals surface area contributed by atoms with E-state index in [0.717, 1.165) is 24.2 Å². The average Bonchev–Trinajstić information content (AvgIpc) is 2.14. The lowest BCUT2D eigenvalue weighted by Crippen LogP contribution is -2.46. The minimum Gasteiger partial charge on any atom is -0.299 e. The van der Waals surface area contributed by atoms with Gasteiger partial charge in [0.2, 0.25) is 0 Å². The maximum Gasteiger partial charge on any atom is 0.143 e. The molecule has 4 saturated carbocycles. The van der Waals surface area contributed by atoms with E-state index in [1.54, 1.807) is 0 Å². The maximum absolute atomic E-state index is 11.6. The molecule has 0 N–H and O–H groups in total. The van der Waals surface area contributed by atoms with E-state index in [-0.39, 0.29) is 0 Å². The number of hydrogen-bond donors (Lipinski definition) is 0. The van der Waals surface area contributed by atoms with Crippen LogP contribution >= 0.6 is 15.9 Å². The lowest BCUT2D eigenvalue weighted by atomic mass is 9.48. The fourth-order valence-corrected chi connectivity index (χ4v) is 5.17. The molecule has 0 aromatic rings. The van der Waals surface area contributed by atoms with Crippen LogP contribution in [0.3, 0.4) is 0 Å². The third-order valence-corrected chi connectivity index (χ3v) is 5.51. The molecule has 0 aromatic carbocycles. The van der Waals surface area contributed by atoms with Gasteiger partial charge in [0.25, 0.3) is 0 Å². The Morgan fingerprint density at radius 3 is 1.93 bits per heavy atom. The summed E-state index contributed by atoms with van der Waals surface area (Å²) in [6.07, 6.45) is 9.36. The molecule has 0 aromatic heterocycles. The third-order valence-electron chi connectivity index (χ3n) is 4.89. The van der Waals surface area contributed by atoms with Crippen molar-refractivity contribution in [3.8, 4) is 0 Å². The van der Waals surface area contributed by atoms with Crippen molar-refractivity contribution < 1.29 is 4.79 Å². The minimum atomic E-state index is 0.428. The van der Waals surface area contributed by atoms with Crippen LogP contribution in [0.5, 0.6) is 0 Å². The van der Waals surface area contributed by atoms with Crippen molar-refractivity contribution in [2.75, 3.05) is 5.33 Å².